The van der Waals surface area contributed by atoms with E-state index in [9.17, 15) is 9.59 Å². The molecule has 2 amide bonds. The van der Waals surface area contributed by atoms with Crippen LogP contribution in [0.3, 0.4) is 0 Å². The summed E-state index contributed by atoms with van der Waals surface area (Å²) >= 11 is 5.86. The van der Waals surface area contributed by atoms with Crippen LogP contribution in [0.4, 0.5) is 0 Å². The number of carbonyl (C=O) groups excluding carboxylic acids is 2. The quantitative estimate of drug-likeness (QED) is 0.832. The van der Waals surface area contributed by atoms with E-state index in [4.69, 9.17) is 16.3 Å². The number of amides is 2. The molecule has 0 unspecified atom stereocenters. The molecule has 0 atom stereocenters. The van der Waals surface area contributed by atoms with Gasteiger partial charge in [0.05, 0.1) is 12.7 Å². The van der Waals surface area contributed by atoms with Crippen molar-refractivity contribution in [2.24, 2.45) is 0 Å². The zero-order valence-electron chi connectivity index (χ0n) is 13.7. The minimum absolute atomic E-state index is 0.275. The maximum atomic E-state index is 12.2. The molecule has 0 aromatic heterocycles. The third kappa shape index (κ3) is 4.26. The standard InChI is InChI=1S/C18H19ClN2O3/c1-11(2)12-4-6-13(7-5-12)17(22)20-21-18(23)15-9-8-14(19)10-16(15)24-3/h4-11H,1-3H3,(H,20,22)(H,21,23). The van der Waals surface area contributed by atoms with E-state index in [0.717, 1.165) is 5.56 Å². The number of methoxy groups -OCH3 is 1. The SMILES string of the molecule is COc1cc(Cl)ccc1C(=O)NNC(=O)c1ccc(C(C)C)cc1. The van der Waals surface area contributed by atoms with Crippen LogP contribution >= 0.6 is 11.6 Å². The molecule has 0 spiro atoms. The highest BCUT2D eigenvalue weighted by atomic mass is 35.5. The van der Waals surface area contributed by atoms with Gasteiger partial charge in [-0.05, 0) is 41.8 Å². The van der Waals surface area contributed by atoms with Crippen molar-refractivity contribution in [3.63, 3.8) is 0 Å². The summed E-state index contributed by atoms with van der Waals surface area (Å²) in [5, 5.41) is 0.456. The van der Waals surface area contributed by atoms with E-state index in [1.54, 1.807) is 18.2 Å². The first-order chi connectivity index (χ1) is 11.4. The molecular formula is C18H19ClN2O3. The topological polar surface area (TPSA) is 67.4 Å². The molecule has 0 radical (unpaired) electrons. The lowest BCUT2D eigenvalue weighted by Crippen LogP contribution is -2.41. The molecule has 0 aliphatic carbocycles. The number of carbonyl (C=O) groups is 2. The van der Waals surface area contributed by atoms with Crippen molar-refractivity contribution in [1.29, 1.82) is 0 Å². The van der Waals surface area contributed by atoms with Crippen LogP contribution in [0.2, 0.25) is 5.02 Å². The van der Waals surface area contributed by atoms with E-state index < -0.39 is 11.8 Å². The van der Waals surface area contributed by atoms with Gasteiger partial charge in [-0.2, -0.15) is 0 Å². The summed E-state index contributed by atoms with van der Waals surface area (Å²) in [5.74, 6) is -0.169. The van der Waals surface area contributed by atoms with Crippen molar-refractivity contribution in [3.05, 3.63) is 64.2 Å². The Bertz CT molecular complexity index is 742. The average Bonchev–Trinajstić information content (AvgIpc) is 2.59. The van der Waals surface area contributed by atoms with E-state index in [2.05, 4.69) is 24.7 Å². The first kappa shape index (κ1) is 17.8. The van der Waals surface area contributed by atoms with Gasteiger partial charge in [-0.3, -0.25) is 20.4 Å². The van der Waals surface area contributed by atoms with Crippen molar-refractivity contribution < 1.29 is 14.3 Å². The number of ether oxygens (including phenoxy) is 1. The number of hydrogen-bond acceptors (Lipinski definition) is 3. The zero-order chi connectivity index (χ0) is 17.7. The van der Waals surface area contributed by atoms with Gasteiger partial charge in [0.15, 0.2) is 0 Å². The maximum Gasteiger partial charge on any atom is 0.273 e. The Morgan fingerprint density at radius 2 is 1.62 bits per heavy atom. The molecule has 6 heteroatoms. The highest BCUT2D eigenvalue weighted by molar-refractivity contribution is 6.30. The number of nitrogens with one attached hydrogen (secondary N) is 2. The number of rotatable bonds is 4. The monoisotopic (exact) mass is 346 g/mol. The summed E-state index contributed by atoms with van der Waals surface area (Å²) in [6, 6.07) is 11.9. The van der Waals surface area contributed by atoms with Crippen molar-refractivity contribution in [1.82, 2.24) is 10.9 Å². The summed E-state index contributed by atoms with van der Waals surface area (Å²) in [6.07, 6.45) is 0. The molecule has 0 bridgehead atoms. The van der Waals surface area contributed by atoms with E-state index in [1.807, 2.05) is 12.1 Å². The molecule has 0 heterocycles. The van der Waals surface area contributed by atoms with E-state index in [1.165, 1.54) is 19.2 Å². The smallest absolute Gasteiger partial charge is 0.273 e. The lowest BCUT2D eigenvalue weighted by Gasteiger charge is -2.11. The normalized spacial score (nSPS) is 10.4. The molecule has 0 aliphatic heterocycles. The molecule has 2 aromatic carbocycles. The average molecular weight is 347 g/mol. The highest BCUT2D eigenvalue weighted by Gasteiger charge is 2.14. The molecule has 0 saturated heterocycles. The fourth-order valence-electron chi connectivity index (χ4n) is 2.13. The minimum atomic E-state index is -0.490. The fourth-order valence-corrected chi connectivity index (χ4v) is 2.29. The number of hydrogen-bond donors (Lipinski definition) is 2. The Labute approximate surface area is 145 Å². The predicted molar refractivity (Wildman–Crippen MR) is 93.5 cm³/mol. The molecule has 5 nitrogen and oxygen atoms in total. The number of hydrazine groups is 1. The van der Waals surface area contributed by atoms with Crippen LogP contribution in [-0.2, 0) is 0 Å². The summed E-state index contributed by atoms with van der Waals surface area (Å²) in [6.45, 7) is 4.16. The molecule has 2 rings (SSSR count). The number of halogens is 1. The second-order valence-corrected chi connectivity index (χ2v) is 5.97. The fraction of sp³-hybridized carbons (Fsp3) is 0.222. The summed E-state index contributed by atoms with van der Waals surface area (Å²) in [5.41, 5.74) is 6.63. The van der Waals surface area contributed by atoms with Crippen LogP contribution in [-0.4, -0.2) is 18.9 Å². The number of benzene rings is 2. The molecule has 2 N–H and O–H groups in total. The van der Waals surface area contributed by atoms with Gasteiger partial charge in [0.1, 0.15) is 5.75 Å². The molecule has 0 fully saturated rings. The van der Waals surface area contributed by atoms with Crippen LogP contribution in [0, 0.1) is 0 Å². The van der Waals surface area contributed by atoms with Crippen LogP contribution < -0.4 is 15.6 Å². The van der Waals surface area contributed by atoms with Gasteiger partial charge in [-0.25, -0.2) is 0 Å². The summed E-state index contributed by atoms with van der Waals surface area (Å²) < 4.78 is 5.12. The Kier molecular flexibility index (Phi) is 5.82. The molecular weight excluding hydrogens is 328 g/mol. The van der Waals surface area contributed by atoms with Gasteiger partial charge in [0, 0.05) is 10.6 Å². The van der Waals surface area contributed by atoms with Gasteiger partial charge in [0.25, 0.3) is 11.8 Å². The molecule has 24 heavy (non-hydrogen) atoms. The lowest BCUT2D eigenvalue weighted by atomic mass is 10.0. The predicted octanol–water partition coefficient (Wildman–Crippen LogP) is 3.55. The summed E-state index contributed by atoms with van der Waals surface area (Å²) in [4.78, 5) is 24.3. The molecule has 2 aromatic rings. The van der Waals surface area contributed by atoms with Crippen molar-refractivity contribution >= 4 is 23.4 Å². The minimum Gasteiger partial charge on any atom is -0.496 e. The second-order valence-electron chi connectivity index (χ2n) is 5.53. The third-order valence-corrected chi connectivity index (χ3v) is 3.77. The first-order valence-electron chi connectivity index (χ1n) is 7.46. The van der Waals surface area contributed by atoms with Gasteiger partial charge >= 0.3 is 0 Å². The Hall–Kier alpha value is -2.53. The van der Waals surface area contributed by atoms with E-state index in [-0.39, 0.29) is 5.56 Å². The molecule has 0 aliphatic rings. The van der Waals surface area contributed by atoms with Crippen LogP contribution in [0.1, 0.15) is 46.0 Å². The Balaban J connectivity index is 2.02. The van der Waals surface area contributed by atoms with Crippen LogP contribution in [0.15, 0.2) is 42.5 Å². The molecule has 126 valence electrons. The Morgan fingerprint density at radius 1 is 1.00 bits per heavy atom. The summed E-state index contributed by atoms with van der Waals surface area (Å²) in [7, 11) is 1.44. The third-order valence-electron chi connectivity index (χ3n) is 3.54. The van der Waals surface area contributed by atoms with Gasteiger partial charge < -0.3 is 4.74 Å². The Morgan fingerprint density at radius 3 is 2.21 bits per heavy atom. The van der Waals surface area contributed by atoms with Gasteiger partial charge in [-0.15, -0.1) is 0 Å². The second kappa shape index (κ2) is 7.84. The lowest BCUT2D eigenvalue weighted by molar-refractivity contribution is 0.0845. The van der Waals surface area contributed by atoms with Crippen LogP contribution in [0.5, 0.6) is 5.75 Å². The van der Waals surface area contributed by atoms with Crippen molar-refractivity contribution in [2.45, 2.75) is 19.8 Å². The highest BCUT2D eigenvalue weighted by Crippen LogP contribution is 2.22. The van der Waals surface area contributed by atoms with Crippen molar-refractivity contribution in [2.75, 3.05) is 7.11 Å². The largest absolute Gasteiger partial charge is 0.496 e. The van der Waals surface area contributed by atoms with Gasteiger partial charge in [-0.1, -0.05) is 37.6 Å². The van der Waals surface area contributed by atoms with Gasteiger partial charge in [0.2, 0.25) is 0 Å². The molecule has 0 saturated carbocycles. The van der Waals surface area contributed by atoms with Crippen LogP contribution in [0.25, 0.3) is 0 Å². The first-order valence-corrected chi connectivity index (χ1v) is 7.84. The van der Waals surface area contributed by atoms with Crippen molar-refractivity contribution in [3.8, 4) is 5.75 Å². The maximum absolute atomic E-state index is 12.2. The van der Waals surface area contributed by atoms with E-state index in [0.29, 0.717) is 22.3 Å². The zero-order valence-corrected chi connectivity index (χ0v) is 14.5. The van der Waals surface area contributed by atoms with E-state index >= 15 is 0 Å².